The first-order chi connectivity index (χ1) is 11.5. The standard InChI is InChI=1S/C19H16N2O3/c1-11-8-9-13(19(23)24)10-16(11)20-12(2)17-14-6-4-3-5-7-15(14)21-18(17)22/h3-10H,1-2H3,(H,21,22)(H,23,24). The zero-order valence-electron chi connectivity index (χ0n) is 13.3. The molecule has 0 saturated carbocycles. The lowest BCUT2D eigenvalue weighted by atomic mass is 10.1. The van der Waals surface area contributed by atoms with Crippen LogP contribution in [0.1, 0.15) is 28.4 Å². The number of nitrogens with one attached hydrogen (secondary N) is 1. The maximum atomic E-state index is 12.3. The van der Waals surface area contributed by atoms with E-state index in [0.29, 0.717) is 17.0 Å². The number of carbonyl (C=O) groups is 1. The fraction of sp³-hybridized carbons (Fsp3) is 0.105. The summed E-state index contributed by atoms with van der Waals surface area (Å²) in [5.74, 6) is -1.01. The molecule has 0 aromatic heterocycles. The van der Waals surface area contributed by atoms with Crippen molar-refractivity contribution in [3.05, 3.63) is 75.6 Å². The zero-order valence-corrected chi connectivity index (χ0v) is 13.3. The summed E-state index contributed by atoms with van der Waals surface area (Å²) >= 11 is 0. The lowest BCUT2D eigenvalue weighted by molar-refractivity contribution is 0.0697. The van der Waals surface area contributed by atoms with Crippen molar-refractivity contribution in [2.45, 2.75) is 13.8 Å². The van der Waals surface area contributed by atoms with Gasteiger partial charge in [-0.1, -0.05) is 30.3 Å². The summed E-state index contributed by atoms with van der Waals surface area (Å²) in [6.07, 6.45) is 0. The van der Waals surface area contributed by atoms with Gasteiger partial charge in [-0.2, -0.15) is 0 Å². The number of aliphatic imine (C=N–C) groups is 1. The van der Waals surface area contributed by atoms with Crippen LogP contribution in [-0.2, 0) is 0 Å². The molecule has 0 saturated heterocycles. The summed E-state index contributed by atoms with van der Waals surface area (Å²) in [4.78, 5) is 30.8. The van der Waals surface area contributed by atoms with Gasteiger partial charge in [-0.25, -0.2) is 4.79 Å². The number of carboxylic acids is 1. The first-order valence-corrected chi connectivity index (χ1v) is 7.48. The molecule has 3 rings (SSSR count). The molecule has 0 spiro atoms. The molecule has 0 amide bonds. The van der Waals surface area contributed by atoms with E-state index in [-0.39, 0.29) is 11.1 Å². The average Bonchev–Trinajstić information content (AvgIpc) is 2.69. The molecule has 1 heterocycles. The van der Waals surface area contributed by atoms with Gasteiger partial charge < -0.3 is 10.1 Å². The molecule has 1 aromatic carbocycles. The smallest absolute Gasteiger partial charge is 0.335 e. The van der Waals surface area contributed by atoms with Crippen LogP contribution >= 0.6 is 0 Å². The highest BCUT2D eigenvalue weighted by Crippen LogP contribution is 2.25. The molecule has 2 aliphatic rings. The minimum absolute atomic E-state index is 0.167. The van der Waals surface area contributed by atoms with Crippen LogP contribution < -0.4 is 5.56 Å². The maximum Gasteiger partial charge on any atom is 0.335 e. The second kappa shape index (κ2) is 6.12. The van der Waals surface area contributed by atoms with Crippen molar-refractivity contribution < 1.29 is 9.90 Å². The Morgan fingerprint density at radius 3 is 2.62 bits per heavy atom. The van der Waals surface area contributed by atoms with Crippen molar-refractivity contribution in [1.82, 2.24) is 4.98 Å². The van der Waals surface area contributed by atoms with Crippen molar-refractivity contribution >= 4 is 17.4 Å². The van der Waals surface area contributed by atoms with Crippen LogP contribution in [0, 0.1) is 6.92 Å². The van der Waals surface area contributed by atoms with Crippen LogP contribution in [0.3, 0.4) is 0 Å². The number of carboxylic acid groups (broad SMARTS) is 1. The fourth-order valence-electron chi connectivity index (χ4n) is 2.64. The Balaban J connectivity index is 2.15. The lowest BCUT2D eigenvalue weighted by Gasteiger charge is -2.05. The molecule has 0 radical (unpaired) electrons. The fourth-order valence-corrected chi connectivity index (χ4v) is 2.64. The normalized spacial score (nSPS) is 11.7. The largest absolute Gasteiger partial charge is 0.478 e. The van der Waals surface area contributed by atoms with Crippen LogP contribution in [0.4, 0.5) is 5.69 Å². The molecule has 24 heavy (non-hydrogen) atoms. The van der Waals surface area contributed by atoms with E-state index in [1.54, 1.807) is 13.0 Å². The number of nitrogens with zero attached hydrogens (tertiary/aromatic N) is 1. The predicted molar refractivity (Wildman–Crippen MR) is 93.7 cm³/mol. The highest BCUT2D eigenvalue weighted by atomic mass is 16.4. The molecular weight excluding hydrogens is 304 g/mol. The van der Waals surface area contributed by atoms with Crippen LogP contribution in [0.2, 0.25) is 0 Å². The van der Waals surface area contributed by atoms with Gasteiger partial charge in [0.1, 0.15) is 0 Å². The summed E-state index contributed by atoms with van der Waals surface area (Å²) in [5, 5.41) is 9.13. The Bertz CT molecular complexity index is 986. The van der Waals surface area contributed by atoms with Gasteiger partial charge in [0.25, 0.3) is 5.56 Å². The number of aromatic nitrogens is 1. The molecular formula is C19H16N2O3. The van der Waals surface area contributed by atoms with Crippen LogP contribution in [0.25, 0.3) is 11.3 Å². The van der Waals surface area contributed by atoms with E-state index in [4.69, 9.17) is 5.11 Å². The third-order valence-electron chi connectivity index (χ3n) is 3.89. The van der Waals surface area contributed by atoms with Crippen molar-refractivity contribution in [3.8, 4) is 11.3 Å². The molecule has 1 aliphatic carbocycles. The van der Waals surface area contributed by atoms with E-state index >= 15 is 0 Å². The highest BCUT2D eigenvalue weighted by Gasteiger charge is 2.16. The number of hydrogen-bond acceptors (Lipinski definition) is 3. The van der Waals surface area contributed by atoms with Gasteiger partial charge in [-0.3, -0.25) is 9.79 Å². The van der Waals surface area contributed by atoms with Crippen LogP contribution in [0.5, 0.6) is 0 Å². The number of aryl methyl sites for hydroxylation is 1. The number of aromatic carboxylic acids is 1. The lowest BCUT2D eigenvalue weighted by Crippen LogP contribution is -2.10. The van der Waals surface area contributed by atoms with Gasteiger partial charge in [-0.05, 0) is 37.6 Å². The quantitative estimate of drug-likeness (QED) is 0.723. The summed E-state index contributed by atoms with van der Waals surface area (Å²) in [5.41, 5.74) is 3.93. The van der Waals surface area contributed by atoms with Crippen molar-refractivity contribution in [2.24, 2.45) is 4.99 Å². The predicted octanol–water partition coefficient (Wildman–Crippen LogP) is 3.63. The summed E-state index contributed by atoms with van der Waals surface area (Å²) < 4.78 is 0. The Labute approximate surface area is 138 Å². The SMILES string of the molecule is CC(=Nc1cc(C(=O)O)ccc1C)c1c2cccccc-2[nH]c1=O. The van der Waals surface area contributed by atoms with Crippen molar-refractivity contribution in [2.75, 3.05) is 0 Å². The first kappa shape index (κ1) is 15.7. The second-order valence-electron chi connectivity index (χ2n) is 5.57. The van der Waals surface area contributed by atoms with Crippen LogP contribution in [0.15, 0.2) is 58.3 Å². The van der Waals surface area contributed by atoms with Gasteiger partial charge in [0, 0.05) is 11.3 Å². The Morgan fingerprint density at radius 2 is 1.88 bits per heavy atom. The molecule has 0 fully saturated rings. The molecule has 1 aliphatic heterocycles. The number of H-pyrrole nitrogens is 1. The minimum Gasteiger partial charge on any atom is -0.478 e. The van der Waals surface area contributed by atoms with E-state index in [9.17, 15) is 9.59 Å². The van der Waals surface area contributed by atoms with Crippen molar-refractivity contribution in [3.63, 3.8) is 0 Å². The van der Waals surface area contributed by atoms with Crippen molar-refractivity contribution in [1.29, 1.82) is 0 Å². The van der Waals surface area contributed by atoms with Gasteiger partial charge >= 0.3 is 5.97 Å². The molecule has 120 valence electrons. The summed E-state index contributed by atoms with van der Waals surface area (Å²) in [6.45, 7) is 3.61. The van der Waals surface area contributed by atoms with Gasteiger partial charge in [0.15, 0.2) is 0 Å². The van der Waals surface area contributed by atoms with Gasteiger partial charge in [-0.15, -0.1) is 0 Å². The Kier molecular flexibility index (Phi) is 4.00. The van der Waals surface area contributed by atoms with Gasteiger partial charge in [0.2, 0.25) is 0 Å². The number of hydrogen-bond donors (Lipinski definition) is 2. The Hall–Kier alpha value is -3.21. The van der Waals surface area contributed by atoms with E-state index in [1.807, 2.05) is 37.3 Å². The van der Waals surface area contributed by atoms with E-state index in [0.717, 1.165) is 16.8 Å². The first-order valence-electron chi connectivity index (χ1n) is 7.48. The van der Waals surface area contributed by atoms with Gasteiger partial charge in [0.05, 0.1) is 22.5 Å². The number of benzene rings is 1. The molecule has 1 aromatic rings. The molecule has 5 nitrogen and oxygen atoms in total. The van der Waals surface area contributed by atoms with E-state index < -0.39 is 5.97 Å². The number of rotatable bonds is 3. The molecule has 0 atom stereocenters. The molecule has 2 N–H and O–H groups in total. The third kappa shape index (κ3) is 2.84. The monoisotopic (exact) mass is 320 g/mol. The van der Waals surface area contributed by atoms with E-state index in [2.05, 4.69) is 9.98 Å². The Morgan fingerprint density at radius 1 is 1.12 bits per heavy atom. The third-order valence-corrected chi connectivity index (χ3v) is 3.89. The minimum atomic E-state index is -1.01. The molecule has 0 bridgehead atoms. The highest BCUT2D eigenvalue weighted by molar-refractivity contribution is 6.06. The zero-order chi connectivity index (χ0) is 17.3. The topological polar surface area (TPSA) is 82.5 Å². The second-order valence-corrected chi connectivity index (χ2v) is 5.57. The summed E-state index contributed by atoms with van der Waals surface area (Å²) in [7, 11) is 0. The molecule has 0 unspecified atom stereocenters. The maximum absolute atomic E-state index is 12.3. The molecule has 5 heteroatoms. The average molecular weight is 320 g/mol. The number of fused-ring (bicyclic) bond motifs is 1. The summed E-state index contributed by atoms with van der Waals surface area (Å²) in [6, 6.07) is 14.1. The number of aromatic amines is 1. The van der Waals surface area contributed by atoms with E-state index in [1.165, 1.54) is 12.1 Å². The van der Waals surface area contributed by atoms with Crippen LogP contribution in [-0.4, -0.2) is 21.8 Å².